The van der Waals surface area contributed by atoms with Gasteiger partial charge >= 0.3 is 42.4 Å². The average molecular weight is 1210 g/mol. The van der Waals surface area contributed by atoms with Gasteiger partial charge in [0.2, 0.25) is 11.7 Å². The number of fused-ring (bicyclic) bond motifs is 2. The summed E-state index contributed by atoms with van der Waals surface area (Å²) >= 11 is 0. The molecule has 0 saturated carbocycles. The fourth-order valence-corrected chi connectivity index (χ4v) is 14.7. The number of ether oxygens (including phenoxy) is 5. The van der Waals surface area contributed by atoms with E-state index in [1.54, 1.807) is 12.1 Å². The van der Waals surface area contributed by atoms with Gasteiger partial charge in [0, 0.05) is 31.9 Å². The standard InChI is InChI=1S/C40H52N12O24P4/c1-49-18-52(34-26(49)35(57)48-39(42)47-34)36-27(54)20(9-11-68-12-19-6-4-3-5-7-19)21(72-36)13-70-78(61,62)75-80(65,66)76-79(63,64)71-15-23-31(30(67-2)38(74-23)51-17-45-25-32(41)43-16-44-33(25)51)77(59,60)69-14-22-28(55)29(56)37(73-22)50-10-8-24(53)46-40(50)58/h3-8,10,16-18,20-23,27-31,36-38,54-56H,9,11-15H2,1-2H3,(H9-,41,42,43,44,46,47,48,53,57,58,59,60,61,62,63,64,65,66)/p+1/t20-,21-,22-,23-,27-,28-,29-,30-,31-,36-,37-,38-/m1/s1. The number of aliphatic hydroxyl groups excluding tert-OH is 3. The molecule has 1 aromatic carbocycles. The number of aliphatic hydroxyl groups is 3. The van der Waals surface area contributed by atoms with Crippen molar-refractivity contribution in [2.24, 2.45) is 13.0 Å². The van der Waals surface area contributed by atoms with E-state index in [4.69, 9.17) is 48.7 Å². The molecule has 13 N–H and O–H groups in total. The first kappa shape index (κ1) is 59.3. The fourth-order valence-electron chi connectivity index (χ4n) is 9.42. The molecule has 36 nitrogen and oxygen atoms in total. The Bertz CT molecular complexity index is 3610. The molecule has 0 bridgehead atoms. The number of hydrogen-bond donors (Lipinski definition) is 11. The SMILES string of the molecule is CO[C@@H]1[C@H](P(=O)(O)OC[C@H]2O[C@@H](n3ccc(=O)[nH]c3=O)[C@H](O)[C@@H]2O)[C@@H](COP(=O)(O)OP(=O)(O)OP(=O)(O)OC[C@H]2O[C@@H]([n+]3cn(C)c4c(=O)[nH]c(N)nc43)[C@H](O)[C@@H]2CCOCc2ccccc2)O[C@H]1n1cnc2c(N)ncnc21. The molecule has 80 heavy (non-hydrogen) atoms. The highest BCUT2D eigenvalue weighted by Crippen LogP contribution is 2.68. The van der Waals surface area contributed by atoms with Crippen LogP contribution in [-0.4, -0.2) is 160 Å². The maximum Gasteiger partial charge on any atom is 0.490 e. The Balaban J connectivity index is 0.884. The van der Waals surface area contributed by atoms with Crippen LogP contribution in [0.3, 0.4) is 0 Å². The van der Waals surface area contributed by atoms with Crippen LogP contribution in [0.5, 0.6) is 0 Å². The van der Waals surface area contributed by atoms with E-state index in [0.717, 1.165) is 42.2 Å². The molecule has 0 radical (unpaired) electrons. The van der Waals surface area contributed by atoms with Gasteiger partial charge in [0.05, 0.1) is 45.9 Å². The second-order valence-corrected chi connectivity index (χ2v) is 24.8. The average Bonchev–Trinajstić information content (AvgIpc) is 4.22. The summed E-state index contributed by atoms with van der Waals surface area (Å²) in [6.07, 6.45) is -11.6. The number of nitrogens with zero attached hydrogens (tertiary/aromatic N) is 8. The number of aromatic amines is 2. The minimum Gasteiger partial charge on any atom is -0.387 e. The first-order chi connectivity index (χ1) is 37.8. The number of aryl methyl sites for hydroxylation is 1. The number of imidazole rings is 2. The molecule has 8 heterocycles. The van der Waals surface area contributed by atoms with Crippen molar-refractivity contribution in [1.82, 2.24) is 43.6 Å². The zero-order valence-electron chi connectivity index (χ0n) is 41.5. The van der Waals surface area contributed by atoms with E-state index in [0.29, 0.717) is 0 Å². The van der Waals surface area contributed by atoms with Crippen LogP contribution >= 0.6 is 31.1 Å². The van der Waals surface area contributed by atoms with Gasteiger partial charge in [-0.05, 0) is 12.0 Å². The third-order valence-corrected chi connectivity index (χ3v) is 19.2. The molecule has 6 aromatic rings. The van der Waals surface area contributed by atoms with Crippen LogP contribution in [-0.2, 0) is 77.8 Å². The zero-order chi connectivity index (χ0) is 57.6. The summed E-state index contributed by atoms with van der Waals surface area (Å²) in [7, 11) is -20.8. The van der Waals surface area contributed by atoms with Crippen LogP contribution in [0.1, 0.15) is 30.7 Å². The maximum atomic E-state index is 14.4. The summed E-state index contributed by atoms with van der Waals surface area (Å²) in [4.78, 5) is 101. The van der Waals surface area contributed by atoms with Crippen LogP contribution in [0.4, 0.5) is 11.8 Å². The second-order valence-electron chi connectivity index (χ2n) is 18.2. The monoisotopic (exact) mass is 1210 g/mol. The number of nitrogens with one attached hydrogen (secondary N) is 2. The molecule has 4 unspecified atom stereocenters. The molecule has 16 atom stereocenters. The van der Waals surface area contributed by atoms with Crippen LogP contribution < -0.4 is 32.8 Å². The van der Waals surface area contributed by atoms with Gasteiger partial charge in [0.15, 0.2) is 30.2 Å². The van der Waals surface area contributed by atoms with Crippen molar-refractivity contribution in [1.29, 1.82) is 0 Å². The lowest BCUT2D eigenvalue weighted by Crippen LogP contribution is -2.45. The summed E-state index contributed by atoms with van der Waals surface area (Å²) in [5, 5.41) is 33.2. The molecule has 3 saturated heterocycles. The number of aromatic nitrogens is 10. The number of nitrogen functional groups attached to an aromatic ring is 2. The van der Waals surface area contributed by atoms with Gasteiger partial charge < -0.3 is 74.6 Å². The lowest BCUT2D eigenvalue weighted by molar-refractivity contribution is -0.745. The van der Waals surface area contributed by atoms with Gasteiger partial charge in [-0.25, -0.2) is 38.0 Å². The van der Waals surface area contributed by atoms with Crippen molar-refractivity contribution < 1.29 is 104 Å². The number of methoxy groups -OCH3 is 1. The van der Waals surface area contributed by atoms with Gasteiger partial charge in [-0.3, -0.25) is 46.9 Å². The second kappa shape index (κ2) is 23.5. The zero-order valence-corrected chi connectivity index (χ0v) is 45.1. The molecule has 3 fully saturated rings. The summed E-state index contributed by atoms with van der Waals surface area (Å²) < 4.78 is 112. The van der Waals surface area contributed by atoms with Gasteiger partial charge in [0.25, 0.3) is 17.1 Å². The third kappa shape index (κ3) is 12.7. The van der Waals surface area contributed by atoms with E-state index < -0.39 is 141 Å². The Labute approximate surface area is 447 Å². The number of hydrogen-bond acceptors (Lipinski definition) is 26. The Hall–Kier alpha value is -5.36. The number of anilines is 2. The number of nitrogens with two attached hydrogens (primary N) is 2. The normalized spacial score (nSPS) is 29.2. The van der Waals surface area contributed by atoms with E-state index in [9.17, 15) is 67.5 Å². The Morgan fingerprint density at radius 3 is 2.14 bits per heavy atom. The Morgan fingerprint density at radius 2 is 1.45 bits per heavy atom. The molecule has 9 rings (SSSR count). The van der Waals surface area contributed by atoms with Crippen molar-refractivity contribution >= 4 is 65.2 Å². The summed E-state index contributed by atoms with van der Waals surface area (Å²) in [6, 6.07) is 9.98. The molecule has 3 aliphatic heterocycles. The quantitative estimate of drug-likeness (QED) is 0.0189. The van der Waals surface area contributed by atoms with Crippen molar-refractivity contribution in [2.45, 2.75) is 80.1 Å². The van der Waals surface area contributed by atoms with E-state index in [-0.39, 0.29) is 53.7 Å². The van der Waals surface area contributed by atoms with E-state index in [1.165, 1.54) is 27.1 Å². The van der Waals surface area contributed by atoms with Crippen molar-refractivity contribution in [3.8, 4) is 0 Å². The Kier molecular flexibility index (Phi) is 17.4. The number of phosphoric ester groups is 2. The fraction of sp³-hybridized carbons (Fsp3) is 0.500. The van der Waals surface area contributed by atoms with Crippen LogP contribution in [0.15, 0.2) is 76.0 Å². The highest BCUT2D eigenvalue weighted by atomic mass is 31.3. The minimum absolute atomic E-state index is 0.00420. The highest BCUT2D eigenvalue weighted by molar-refractivity contribution is 7.66. The molecule has 0 aliphatic carbocycles. The van der Waals surface area contributed by atoms with Crippen LogP contribution in [0, 0.1) is 5.92 Å². The Morgan fingerprint density at radius 1 is 0.775 bits per heavy atom. The van der Waals surface area contributed by atoms with Crippen LogP contribution in [0.25, 0.3) is 22.3 Å². The van der Waals surface area contributed by atoms with E-state index >= 15 is 0 Å². The van der Waals surface area contributed by atoms with Crippen molar-refractivity contribution in [2.75, 3.05) is 45.0 Å². The third-order valence-electron chi connectivity index (χ3n) is 13.0. The maximum absolute atomic E-state index is 14.4. The topological polar surface area (TPSA) is 507 Å². The van der Waals surface area contributed by atoms with Gasteiger partial charge in [-0.2, -0.15) is 8.62 Å². The number of H-pyrrole nitrogens is 2. The minimum atomic E-state index is -6.22. The first-order valence-corrected chi connectivity index (χ1v) is 29.7. The number of rotatable bonds is 23. The molecule has 0 amide bonds. The molecule has 40 heteroatoms. The molecule has 3 aliphatic rings. The number of phosphoric acid groups is 3. The summed E-state index contributed by atoms with van der Waals surface area (Å²) in [5.41, 5.74) is 8.22. The summed E-state index contributed by atoms with van der Waals surface area (Å²) in [6.45, 7) is -3.09. The van der Waals surface area contributed by atoms with E-state index in [2.05, 4.69) is 33.5 Å². The number of benzene rings is 1. The van der Waals surface area contributed by atoms with Crippen LogP contribution in [0.2, 0.25) is 0 Å². The smallest absolute Gasteiger partial charge is 0.387 e. The summed E-state index contributed by atoms with van der Waals surface area (Å²) in [5.74, 6) is -1.34. The molecule has 436 valence electrons. The van der Waals surface area contributed by atoms with Gasteiger partial charge in [-0.15, -0.1) is 0 Å². The molecule has 5 aromatic heterocycles. The van der Waals surface area contributed by atoms with Gasteiger partial charge in [0.1, 0.15) is 54.1 Å². The van der Waals surface area contributed by atoms with E-state index in [1.807, 2.05) is 23.2 Å². The predicted octanol–water partition coefficient (Wildman–Crippen LogP) is -1.95. The molecular formula is C40H53N12O24P4+. The molecule has 0 spiro atoms. The first-order valence-electron chi connectivity index (χ1n) is 23.6. The van der Waals surface area contributed by atoms with Crippen molar-refractivity contribution in [3.05, 3.63) is 98.3 Å². The lowest BCUT2D eigenvalue weighted by Gasteiger charge is -2.28. The highest BCUT2D eigenvalue weighted by Gasteiger charge is 2.58. The van der Waals surface area contributed by atoms with Crippen molar-refractivity contribution in [3.63, 3.8) is 0 Å². The van der Waals surface area contributed by atoms with Gasteiger partial charge in [-0.1, -0.05) is 35.3 Å². The molecular weight excluding hydrogens is 1160 g/mol. The lowest BCUT2D eigenvalue weighted by atomic mass is 9.95. The largest absolute Gasteiger partial charge is 0.490 e. The predicted molar refractivity (Wildman–Crippen MR) is 265 cm³/mol.